The second-order valence-electron chi connectivity index (χ2n) is 6.75. The summed E-state index contributed by atoms with van der Waals surface area (Å²) in [5.41, 5.74) is 3.91. The Bertz CT molecular complexity index is 1180. The maximum absolute atomic E-state index is 4.67. The first kappa shape index (κ1) is 19.7. The third kappa shape index (κ3) is 4.39. The van der Waals surface area contributed by atoms with Crippen LogP contribution in [-0.2, 0) is 19.4 Å². The van der Waals surface area contributed by atoms with Crippen molar-refractivity contribution in [2.75, 3.05) is 0 Å². The van der Waals surface area contributed by atoms with Gasteiger partial charge in [0.15, 0.2) is 0 Å². The van der Waals surface area contributed by atoms with Crippen LogP contribution in [0, 0.1) is 0 Å². The number of para-hydroxylation sites is 2. The lowest BCUT2D eigenvalue weighted by Crippen LogP contribution is -2.34. The molecule has 146 valence electrons. The molecule has 2 heterocycles. The van der Waals surface area contributed by atoms with Crippen LogP contribution in [-0.4, -0.2) is 4.98 Å². The molecule has 0 saturated carbocycles. The van der Waals surface area contributed by atoms with E-state index in [-0.39, 0.29) is 0 Å². The van der Waals surface area contributed by atoms with Crippen LogP contribution in [0.4, 0.5) is 0 Å². The summed E-state index contributed by atoms with van der Waals surface area (Å²) in [5, 5.41) is 2.46. The lowest BCUT2D eigenvalue weighted by atomic mass is 10.1. The van der Waals surface area contributed by atoms with Crippen LogP contribution >= 0.6 is 22.7 Å². The summed E-state index contributed by atoms with van der Waals surface area (Å²) in [6.45, 7) is 5.43. The molecule has 0 aliphatic carbocycles. The number of nitrogens with zero attached hydrogens (tertiary/aromatic N) is 2. The van der Waals surface area contributed by atoms with Crippen LogP contribution in [0.1, 0.15) is 29.4 Å². The molecule has 0 aliphatic rings. The average Bonchev–Trinajstić information content (AvgIpc) is 3.33. The molecule has 0 spiro atoms. The van der Waals surface area contributed by atoms with Crippen LogP contribution in [0.2, 0.25) is 0 Å². The van der Waals surface area contributed by atoms with Crippen molar-refractivity contribution in [1.29, 1.82) is 0 Å². The number of allylic oxidation sites excluding steroid dienone is 5. The smallest absolute Gasteiger partial charge is 0.241 e. The van der Waals surface area contributed by atoms with Gasteiger partial charge in [0.2, 0.25) is 5.52 Å². The molecule has 2 nitrogen and oxygen atoms in total. The summed E-state index contributed by atoms with van der Waals surface area (Å²) in [5.74, 6) is 0. The molecule has 0 saturated heterocycles. The first-order chi connectivity index (χ1) is 14.3. The fraction of sp³-hybridized carbons (Fsp3) is 0.200. The molecular formula is C25H25N2S2+. The number of aromatic nitrogens is 2. The second kappa shape index (κ2) is 9.29. The van der Waals surface area contributed by atoms with E-state index in [0.29, 0.717) is 0 Å². The van der Waals surface area contributed by atoms with Gasteiger partial charge in [-0.15, -0.1) is 11.3 Å². The molecule has 0 fully saturated rings. The molecule has 0 N–H and O–H groups in total. The monoisotopic (exact) mass is 417 g/mol. The maximum atomic E-state index is 4.67. The van der Waals surface area contributed by atoms with Crippen LogP contribution in [0.5, 0.6) is 0 Å². The number of benzene rings is 2. The minimum Gasteiger partial charge on any atom is -0.241 e. The van der Waals surface area contributed by atoms with Crippen molar-refractivity contribution < 1.29 is 4.57 Å². The average molecular weight is 418 g/mol. The molecule has 0 atom stereocenters. The molecule has 4 rings (SSSR count). The summed E-state index contributed by atoms with van der Waals surface area (Å²) < 4.78 is 5.05. The lowest BCUT2D eigenvalue weighted by molar-refractivity contribution is -0.665. The molecule has 2 aromatic carbocycles. The number of rotatable bonds is 7. The van der Waals surface area contributed by atoms with Gasteiger partial charge in [-0.25, -0.2) is 4.98 Å². The molecule has 0 bridgehead atoms. The number of fused-ring (bicyclic) bond motifs is 2. The Kier molecular flexibility index (Phi) is 6.33. The Morgan fingerprint density at radius 2 is 1.72 bits per heavy atom. The van der Waals surface area contributed by atoms with E-state index in [1.165, 1.54) is 25.5 Å². The highest BCUT2D eigenvalue weighted by Crippen LogP contribution is 2.25. The van der Waals surface area contributed by atoms with Gasteiger partial charge in [0.25, 0.3) is 5.01 Å². The van der Waals surface area contributed by atoms with Crippen molar-refractivity contribution in [3.8, 4) is 0 Å². The SMILES string of the molecule is CCc1cccc2sc(C=CC=CC=CCc3nc4ccccc4s3)[n+](CC)c12. The molecule has 0 unspecified atom stereocenters. The molecule has 0 amide bonds. The van der Waals surface area contributed by atoms with E-state index in [0.717, 1.165) is 29.9 Å². The highest BCUT2D eigenvalue weighted by atomic mass is 32.1. The first-order valence-electron chi connectivity index (χ1n) is 10.1. The van der Waals surface area contributed by atoms with Gasteiger partial charge < -0.3 is 0 Å². The Hall–Kier alpha value is -2.56. The topological polar surface area (TPSA) is 16.8 Å². The van der Waals surface area contributed by atoms with Gasteiger partial charge in [0.1, 0.15) is 11.2 Å². The minimum absolute atomic E-state index is 0.874. The van der Waals surface area contributed by atoms with E-state index in [1.54, 1.807) is 11.3 Å². The van der Waals surface area contributed by atoms with Gasteiger partial charge in [-0.1, -0.05) is 72.9 Å². The van der Waals surface area contributed by atoms with Crippen molar-refractivity contribution in [1.82, 2.24) is 4.98 Å². The van der Waals surface area contributed by atoms with Gasteiger partial charge in [-0.2, -0.15) is 4.57 Å². The standard InChI is InChI=1S/C25H25N2S2/c1-3-19-13-12-16-22-25(19)27(4-2)24(29-22)18-9-7-5-6-8-17-23-26-20-14-10-11-15-21(20)28-23/h5-16,18H,3-4,17H2,1-2H3/q+1. The van der Waals surface area contributed by atoms with Crippen molar-refractivity contribution >= 4 is 49.2 Å². The van der Waals surface area contributed by atoms with Crippen molar-refractivity contribution in [2.24, 2.45) is 0 Å². The molecule has 2 aromatic heterocycles. The largest absolute Gasteiger partial charge is 0.262 e. The molecule has 29 heavy (non-hydrogen) atoms. The number of hydrogen-bond acceptors (Lipinski definition) is 3. The third-order valence-electron chi connectivity index (χ3n) is 4.87. The van der Waals surface area contributed by atoms with Gasteiger partial charge in [-0.3, -0.25) is 0 Å². The minimum atomic E-state index is 0.874. The molecule has 0 radical (unpaired) electrons. The van der Waals surface area contributed by atoms with Crippen LogP contribution in [0.15, 0.2) is 72.8 Å². The Balaban J connectivity index is 1.42. The normalized spacial score (nSPS) is 12.5. The van der Waals surface area contributed by atoms with Gasteiger partial charge in [-0.05, 0) is 31.5 Å². The molecule has 0 aliphatic heterocycles. The highest BCUT2D eigenvalue weighted by Gasteiger charge is 2.19. The molecule has 4 aromatic rings. The predicted octanol–water partition coefficient (Wildman–Crippen LogP) is 6.75. The zero-order valence-electron chi connectivity index (χ0n) is 16.8. The van der Waals surface area contributed by atoms with E-state index in [9.17, 15) is 0 Å². The van der Waals surface area contributed by atoms with Gasteiger partial charge in [0.05, 0.1) is 15.2 Å². The summed E-state index contributed by atoms with van der Waals surface area (Å²) >= 11 is 3.63. The van der Waals surface area contributed by atoms with E-state index < -0.39 is 0 Å². The molecule has 4 heteroatoms. The van der Waals surface area contributed by atoms with E-state index in [1.807, 2.05) is 17.4 Å². The highest BCUT2D eigenvalue weighted by molar-refractivity contribution is 7.19. The third-order valence-corrected chi connectivity index (χ3v) is 7.04. The summed E-state index contributed by atoms with van der Waals surface area (Å²) in [6.07, 6.45) is 14.7. The Morgan fingerprint density at radius 1 is 0.897 bits per heavy atom. The summed E-state index contributed by atoms with van der Waals surface area (Å²) in [6, 6.07) is 14.9. The number of aryl methyl sites for hydroxylation is 2. The van der Waals surface area contributed by atoms with Crippen molar-refractivity contribution in [3.63, 3.8) is 0 Å². The fourth-order valence-electron chi connectivity index (χ4n) is 3.48. The Morgan fingerprint density at radius 3 is 2.55 bits per heavy atom. The summed E-state index contributed by atoms with van der Waals surface area (Å²) in [4.78, 5) is 4.67. The lowest BCUT2D eigenvalue weighted by Gasteiger charge is -1.97. The molecular weight excluding hydrogens is 392 g/mol. The Labute approximate surface area is 180 Å². The summed E-state index contributed by atoms with van der Waals surface area (Å²) in [7, 11) is 0. The van der Waals surface area contributed by atoms with Gasteiger partial charge >= 0.3 is 0 Å². The van der Waals surface area contributed by atoms with Crippen molar-refractivity contribution in [3.05, 3.63) is 88.4 Å². The van der Waals surface area contributed by atoms with E-state index in [2.05, 4.69) is 96.3 Å². The fourth-order valence-corrected chi connectivity index (χ4v) is 5.61. The quantitative estimate of drug-likeness (QED) is 0.240. The zero-order valence-corrected chi connectivity index (χ0v) is 18.5. The van der Waals surface area contributed by atoms with Gasteiger partial charge in [0, 0.05) is 18.1 Å². The number of thiazole rings is 2. The van der Waals surface area contributed by atoms with Crippen LogP contribution in [0.3, 0.4) is 0 Å². The second-order valence-corrected chi connectivity index (χ2v) is 8.93. The van der Waals surface area contributed by atoms with E-state index >= 15 is 0 Å². The first-order valence-corrected chi connectivity index (χ1v) is 11.7. The van der Waals surface area contributed by atoms with E-state index in [4.69, 9.17) is 0 Å². The van der Waals surface area contributed by atoms with Crippen LogP contribution < -0.4 is 4.57 Å². The number of hydrogen-bond donors (Lipinski definition) is 0. The van der Waals surface area contributed by atoms with Crippen molar-refractivity contribution in [2.45, 2.75) is 33.2 Å². The predicted molar refractivity (Wildman–Crippen MR) is 128 cm³/mol. The van der Waals surface area contributed by atoms with Crippen LogP contribution in [0.25, 0.3) is 26.5 Å². The zero-order chi connectivity index (χ0) is 20.1. The maximum Gasteiger partial charge on any atom is 0.262 e.